The van der Waals surface area contributed by atoms with Crippen molar-refractivity contribution in [2.24, 2.45) is 0 Å². The summed E-state index contributed by atoms with van der Waals surface area (Å²) < 4.78 is 16.8. The van der Waals surface area contributed by atoms with E-state index in [1.165, 1.54) is 0 Å². The highest BCUT2D eigenvalue weighted by molar-refractivity contribution is 9.10. The lowest BCUT2D eigenvalue weighted by molar-refractivity contribution is 0.0527. The summed E-state index contributed by atoms with van der Waals surface area (Å²) in [6.45, 7) is 2.07. The van der Waals surface area contributed by atoms with Gasteiger partial charge in [-0.2, -0.15) is 0 Å². The van der Waals surface area contributed by atoms with E-state index < -0.39 is 5.97 Å². The molecule has 1 aromatic heterocycles. The van der Waals surface area contributed by atoms with E-state index in [9.17, 15) is 4.79 Å². The lowest BCUT2D eigenvalue weighted by Crippen LogP contribution is -2.08. The zero-order valence-electron chi connectivity index (χ0n) is 14.7. The maximum Gasteiger partial charge on any atom is 0.340 e. The predicted molar refractivity (Wildman–Crippen MR) is 104 cm³/mol. The molecule has 0 fully saturated rings. The summed E-state index contributed by atoms with van der Waals surface area (Å²) >= 11 is 3.53. The first-order valence-corrected chi connectivity index (χ1v) is 8.87. The lowest BCUT2D eigenvalue weighted by atomic mass is 10.0. The number of methoxy groups -OCH3 is 2. The Hall–Kier alpha value is -2.60. The molecular weight excluding hydrogens is 398 g/mol. The molecule has 0 amide bonds. The Labute approximate surface area is 160 Å². The van der Waals surface area contributed by atoms with Gasteiger partial charge in [-0.15, -0.1) is 0 Å². The van der Waals surface area contributed by atoms with Crippen LogP contribution in [0.2, 0.25) is 0 Å². The average molecular weight is 416 g/mol. The number of aromatic nitrogens is 1. The number of pyridine rings is 1. The molecule has 0 N–H and O–H groups in total. The van der Waals surface area contributed by atoms with Gasteiger partial charge in [-0.1, -0.05) is 34.1 Å². The molecule has 3 aromatic rings. The van der Waals surface area contributed by atoms with Crippen LogP contribution >= 0.6 is 15.9 Å². The van der Waals surface area contributed by atoms with Crippen LogP contribution in [0.4, 0.5) is 0 Å². The fourth-order valence-corrected chi connectivity index (χ4v) is 3.20. The van der Waals surface area contributed by atoms with Gasteiger partial charge in [-0.05, 0) is 25.1 Å². The van der Waals surface area contributed by atoms with E-state index in [0.717, 1.165) is 15.4 Å². The van der Waals surface area contributed by atoms with Crippen LogP contribution in [0.1, 0.15) is 17.3 Å². The van der Waals surface area contributed by atoms with Crippen LogP contribution in [-0.2, 0) is 4.74 Å². The number of esters is 1. The first kappa shape index (κ1) is 18.2. The zero-order chi connectivity index (χ0) is 18.7. The molecular formula is C20H18BrNO4. The second kappa shape index (κ2) is 7.74. The maximum atomic E-state index is 12.5. The molecule has 0 aliphatic heterocycles. The summed E-state index contributed by atoms with van der Waals surface area (Å²) in [7, 11) is 3.14. The van der Waals surface area contributed by atoms with Gasteiger partial charge >= 0.3 is 5.97 Å². The Morgan fingerprint density at radius 3 is 2.42 bits per heavy atom. The highest BCUT2D eigenvalue weighted by atomic mass is 79.9. The van der Waals surface area contributed by atoms with E-state index in [0.29, 0.717) is 28.3 Å². The largest absolute Gasteiger partial charge is 0.493 e. The smallest absolute Gasteiger partial charge is 0.340 e. The third-order valence-electron chi connectivity index (χ3n) is 3.94. The van der Waals surface area contributed by atoms with Gasteiger partial charge in [-0.25, -0.2) is 9.78 Å². The van der Waals surface area contributed by atoms with Crippen molar-refractivity contribution in [3.05, 3.63) is 52.5 Å². The lowest BCUT2D eigenvalue weighted by Gasteiger charge is -2.13. The standard InChI is InChI=1S/C20H18BrNO4/c1-4-26-20(23)14-9-12-10-17(24-2)18(25-3)11-16(12)22-19(14)13-7-5-6-8-15(13)21/h5-11H,4H2,1-3H3. The number of carbonyl (C=O) groups is 1. The molecule has 0 aliphatic carbocycles. The molecule has 0 saturated carbocycles. The van der Waals surface area contributed by atoms with Gasteiger partial charge in [-0.3, -0.25) is 0 Å². The van der Waals surface area contributed by atoms with Crippen molar-refractivity contribution in [3.63, 3.8) is 0 Å². The fourth-order valence-electron chi connectivity index (χ4n) is 2.72. The second-order valence-electron chi connectivity index (χ2n) is 5.48. The summed E-state index contributed by atoms with van der Waals surface area (Å²) in [6, 6.07) is 13.0. The zero-order valence-corrected chi connectivity index (χ0v) is 16.3. The Kier molecular flexibility index (Phi) is 5.42. The minimum Gasteiger partial charge on any atom is -0.493 e. The van der Waals surface area contributed by atoms with Crippen LogP contribution in [0.25, 0.3) is 22.2 Å². The number of ether oxygens (including phenoxy) is 3. The van der Waals surface area contributed by atoms with Crippen molar-refractivity contribution in [2.45, 2.75) is 6.92 Å². The van der Waals surface area contributed by atoms with Gasteiger partial charge in [0.1, 0.15) is 0 Å². The van der Waals surface area contributed by atoms with Gasteiger partial charge < -0.3 is 14.2 Å². The number of hydrogen-bond donors (Lipinski definition) is 0. The number of rotatable bonds is 5. The van der Waals surface area contributed by atoms with Crippen molar-refractivity contribution in [2.75, 3.05) is 20.8 Å². The highest BCUT2D eigenvalue weighted by Crippen LogP contribution is 2.36. The molecule has 26 heavy (non-hydrogen) atoms. The van der Waals surface area contributed by atoms with Crippen LogP contribution in [-0.4, -0.2) is 31.8 Å². The molecule has 0 unspecified atom stereocenters. The number of fused-ring (bicyclic) bond motifs is 1. The van der Waals surface area contributed by atoms with E-state index in [4.69, 9.17) is 19.2 Å². The van der Waals surface area contributed by atoms with Crippen LogP contribution in [0.15, 0.2) is 46.9 Å². The number of nitrogens with zero attached hydrogens (tertiary/aromatic N) is 1. The SMILES string of the molecule is CCOC(=O)c1cc2cc(OC)c(OC)cc2nc1-c1ccccc1Br. The first-order chi connectivity index (χ1) is 12.6. The first-order valence-electron chi connectivity index (χ1n) is 8.07. The van der Waals surface area contributed by atoms with Gasteiger partial charge in [0.05, 0.1) is 37.6 Å². The third-order valence-corrected chi connectivity index (χ3v) is 4.64. The fraction of sp³-hybridized carbons (Fsp3) is 0.200. The van der Waals surface area contributed by atoms with Gasteiger partial charge in [0.25, 0.3) is 0 Å². The molecule has 0 atom stereocenters. The molecule has 0 radical (unpaired) electrons. The quantitative estimate of drug-likeness (QED) is 0.556. The maximum absolute atomic E-state index is 12.5. The molecule has 134 valence electrons. The molecule has 0 saturated heterocycles. The van der Waals surface area contributed by atoms with Crippen molar-refractivity contribution >= 4 is 32.8 Å². The molecule has 6 heteroatoms. The predicted octanol–water partition coefficient (Wildman–Crippen LogP) is 4.86. The number of carbonyl (C=O) groups excluding carboxylic acids is 1. The Morgan fingerprint density at radius 1 is 1.08 bits per heavy atom. The molecule has 0 spiro atoms. The van der Waals surface area contributed by atoms with Crippen molar-refractivity contribution in [1.82, 2.24) is 4.98 Å². The second-order valence-corrected chi connectivity index (χ2v) is 6.34. The molecule has 0 aliphatic rings. The minimum atomic E-state index is -0.414. The van der Waals surface area contributed by atoms with Gasteiger partial charge in [0, 0.05) is 21.5 Å². The number of hydrogen-bond acceptors (Lipinski definition) is 5. The van der Waals surface area contributed by atoms with Crippen molar-refractivity contribution < 1.29 is 19.0 Å². The van der Waals surface area contributed by atoms with Crippen molar-refractivity contribution in [3.8, 4) is 22.8 Å². The number of halogens is 1. The van der Waals surface area contributed by atoms with E-state index in [1.54, 1.807) is 39.3 Å². The van der Waals surface area contributed by atoms with Gasteiger partial charge in [0.2, 0.25) is 0 Å². The van der Waals surface area contributed by atoms with Crippen molar-refractivity contribution in [1.29, 1.82) is 0 Å². The van der Waals surface area contributed by atoms with E-state index in [2.05, 4.69) is 15.9 Å². The number of benzene rings is 2. The average Bonchev–Trinajstić information content (AvgIpc) is 2.66. The molecule has 0 bridgehead atoms. The van der Waals surface area contributed by atoms with Gasteiger partial charge in [0.15, 0.2) is 11.5 Å². The monoisotopic (exact) mass is 415 g/mol. The molecule has 3 rings (SSSR count). The third kappa shape index (κ3) is 3.37. The minimum absolute atomic E-state index is 0.290. The van der Waals surface area contributed by atoms with E-state index in [-0.39, 0.29) is 6.61 Å². The van der Waals surface area contributed by atoms with E-state index >= 15 is 0 Å². The summed E-state index contributed by atoms with van der Waals surface area (Å²) in [5, 5.41) is 0.765. The van der Waals surface area contributed by atoms with Crippen LogP contribution in [0.5, 0.6) is 11.5 Å². The normalized spacial score (nSPS) is 10.6. The Morgan fingerprint density at radius 2 is 1.77 bits per heavy atom. The Balaban J connectivity index is 2.31. The topological polar surface area (TPSA) is 57.7 Å². The summed E-state index contributed by atoms with van der Waals surface area (Å²) in [5.41, 5.74) is 2.46. The summed E-state index contributed by atoms with van der Waals surface area (Å²) in [4.78, 5) is 17.3. The van der Waals surface area contributed by atoms with Crippen LogP contribution < -0.4 is 9.47 Å². The molecule has 2 aromatic carbocycles. The molecule has 5 nitrogen and oxygen atoms in total. The molecule has 1 heterocycles. The highest BCUT2D eigenvalue weighted by Gasteiger charge is 2.20. The summed E-state index contributed by atoms with van der Waals surface area (Å²) in [5.74, 6) is 0.738. The van der Waals surface area contributed by atoms with Crippen LogP contribution in [0.3, 0.4) is 0 Å². The van der Waals surface area contributed by atoms with E-state index in [1.807, 2.05) is 24.3 Å². The summed E-state index contributed by atoms with van der Waals surface area (Å²) in [6.07, 6.45) is 0. The van der Waals surface area contributed by atoms with Crippen LogP contribution in [0, 0.1) is 0 Å². The Bertz CT molecular complexity index is 971.